The van der Waals surface area contributed by atoms with E-state index in [-0.39, 0.29) is 5.54 Å². The topological polar surface area (TPSA) is 25.2 Å². The van der Waals surface area contributed by atoms with E-state index in [9.17, 15) is 0 Å². The number of hydrogen-bond donors (Lipinski definition) is 1. The molecule has 1 aromatic heterocycles. The van der Waals surface area contributed by atoms with Gasteiger partial charge in [0.1, 0.15) is 5.76 Å². The molecule has 0 bridgehead atoms. The minimum absolute atomic E-state index is 0.181. The highest BCUT2D eigenvalue weighted by molar-refractivity contribution is 6.40. The van der Waals surface area contributed by atoms with Gasteiger partial charge in [0.05, 0.1) is 15.6 Å². The minimum atomic E-state index is -0.181. The first-order chi connectivity index (χ1) is 13.3. The van der Waals surface area contributed by atoms with Gasteiger partial charge in [-0.05, 0) is 43.9 Å². The smallest absolute Gasteiger partial charge is 0.202 e. The molecule has 4 aromatic rings. The Kier molecular flexibility index (Phi) is 3.81. The van der Waals surface area contributed by atoms with Gasteiger partial charge in [0.25, 0.3) is 0 Å². The van der Waals surface area contributed by atoms with Crippen molar-refractivity contribution in [3.63, 3.8) is 0 Å². The molecular formula is C24H19Cl2NO. The lowest BCUT2D eigenvalue weighted by molar-refractivity contribution is 0.550. The van der Waals surface area contributed by atoms with E-state index >= 15 is 0 Å². The third-order valence-electron chi connectivity index (χ3n) is 5.03. The second kappa shape index (κ2) is 6.04. The lowest BCUT2D eigenvalue weighted by Crippen LogP contribution is -2.26. The second-order valence-corrected chi connectivity index (χ2v) is 9.01. The van der Waals surface area contributed by atoms with E-state index in [4.69, 9.17) is 27.6 Å². The minimum Gasteiger partial charge on any atom is -0.439 e. The summed E-state index contributed by atoms with van der Waals surface area (Å²) >= 11 is 13.3. The Morgan fingerprint density at radius 1 is 0.750 bits per heavy atom. The zero-order chi connectivity index (χ0) is 19.6. The Labute approximate surface area is 174 Å². The highest BCUT2D eigenvalue weighted by atomic mass is 35.5. The average molecular weight is 408 g/mol. The first-order valence-corrected chi connectivity index (χ1v) is 10.0. The van der Waals surface area contributed by atoms with Crippen LogP contribution in [0.4, 0.5) is 5.88 Å². The maximum atomic E-state index is 6.63. The van der Waals surface area contributed by atoms with Crippen LogP contribution in [0.2, 0.25) is 10.0 Å². The molecule has 0 radical (unpaired) electrons. The molecule has 0 atom stereocenters. The predicted octanol–water partition coefficient (Wildman–Crippen LogP) is 8.26. The number of furan rings is 1. The van der Waals surface area contributed by atoms with Gasteiger partial charge in [-0.3, -0.25) is 0 Å². The molecule has 0 saturated heterocycles. The summed E-state index contributed by atoms with van der Waals surface area (Å²) in [6, 6.07) is 18.3. The molecule has 28 heavy (non-hydrogen) atoms. The molecule has 0 unspecified atom stereocenters. The Morgan fingerprint density at radius 2 is 1.36 bits per heavy atom. The van der Waals surface area contributed by atoms with E-state index in [1.54, 1.807) is 0 Å². The van der Waals surface area contributed by atoms with Crippen molar-refractivity contribution in [3.05, 3.63) is 64.6 Å². The van der Waals surface area contributed by atoms with Gasteiger partial charge in [0.2, 0.25) is 5.88 Å². The van der Waals surface area contributed by atoms with Crippen molar-refractivity contribution in [2.75, 3.05) is 5.32 Å². The number of benzene rings is 3. The SMILES string of the molecule is CC(C)(C)Nc1oc2c(c1-c1c(Cl)cccc1Cl)-c1cccc3cccc-2c13. The van der Waals surface area contributed by atoms with Crippen LogP contribution in [0.25, 0.3) is 44.3 Å². The third-order valence-corrected chi connectivity index (χ3v) is 5.66. The average Bonchev–Trinajstić information content (AvgIpc) is 3.12. The van der Waals surface area contributed by atoms with Crippen LogP contribution in [0.15, 0.2) is 59.0 Å². The Hall–Kier alpha value is -2.42. The molecule has 0 spiro atoms. The van der Waals surface area contributed by atoms with Gasteiger partial charge in [-0.15, -0.1) is 0 Å². The molecule has 1 aliphatic carbocycles. The third kappa shape index (κ3) is 2.56. The predicted molar refractivity (Wildman–Crippen MR) is 119 cm³/mol. The molecule has 0 amide bonds. The normalized spacial score (nSPS) is 12.5. The number of hydrogen-bond acceptors (Lipinski definition) is 2. The van der Waals surface area contributed by atoms with Crippen LogP contribution < -0.4 is 5.32 Å². The molecule has 3 aromatic carbocycles. The Balaban J connectivity index is 1.90. The van der Waals surface area contributed by atoms with Gasteiger partial charge in [-0.2, -0.15) is 0 Å². The fraction of sp³-hybridized carbons (Fsp3) is 0.167. The van der Waals surface area contributed by atoms with Crippen LogP contribution in [0.3, 0.4) is 0 Å². The summed E-state index contributed by atoms with van der Waals surface area (Å²) < 4.78 is 6.44. The fourth-order valence-corrected chi connectivity index (χ4v) is 4.61. The van der Waals surface area contributed by atoms with E-state index in [2.05, 4.69) is 62.5 Å². The van der Waals surface area contributed by atoms with Crippen molar-refractivity contribution in [3.8, 4) is 33.6 Å². The van der Waals surface area contributed by atoms with Crippen molar-refractivity contribution in [1.29, 1.82) is 0 Å². The molecule has 5 rings (SSSR count). The molecule has 0 aliphatic heterocycles. The monoisotopic (exact) mass is 407 g/mol. The molecule has 4 heteroatoms. The van der Waals surface area contributed by atoms with Crippen molar-refractivity contribution in [2.24, 2.45) is 0 Å². The number of halogens is 2. The zero-order valence-corrected chi connectivity index (χ0v) is 17.4. The Bertz CT molecular complexity index is 1220. The van der Waals surface area contributed by atoms with Crippen LogP contribution in [-0.4, -0.2) is 5.54 Å². The number of nitrogens with one attached hydrogen (secondary N) is 1. The van der Waals surface area contributed by atoms with Crippen LogP contribution >= 0.6 is 23.2 Å². The van der Waals surface area contributed by atoms with Gasteiger partial charge in [-0.25, -0.2) is 0 Å². The molecule has 1 N–H and O–H groups in total. The van der Waals surface area contributed by atoms with E-state index < -0.39 is 0 Å². The zero-order valence-electron chi connectivity index (χ0n) is 15.9. The van der Waals surface area contributed by atoms with Crippen molar-refractivity contribution in [1.82, 2.24) is 0 Å². The second-order valence-electron chi connectivity index (χ2n) is 8.19. The molecule has 0 fully saturated rings. The standard InChI is InChI=1S/C24H19Cl2NO/c1-24(2,3)27-23-21(20-16(25)11-6-12-17(20)26)19-14-9-4-7-13-8-5-10-15(18(13)14)22(19)28-23/h4-12,27H,1-3H3. The summed E-state index contributed by atoms with van der Waals surface area (Å²) in [7, 11) is 0. The van der Waals surface area contributed by atoms with Crippen molar-refractivity contribution in [2.45, 2.75) is 26.3 Å². The highest BCUT2D eigenvalue weighted by Crippen LogP contribution is 2.57. The molecule has 140 valence electrons. The molecular weight excluding hydrogens is 389 g/mol. The van der Waals surface area contributed by atoms with E-state index in [0.29, 0.717) is 15.9 Å². The summed E-state index contributed by atoms with van der Waals surface area (Å²) in [6.45, 7) is 6.31. The van der Waals surface area contributed by atoms with E-state index in [1.807, 2.05) is 18.2 Å². The first kappa shape index (κ1) is 17.7. The summed E-state index contributed by atoms with van der Waals surface area (Å²) in [5.41, 5.74) is 4.85. The summed E-state index contributed by atoms with van der Waals surface area (Å²) in [5.74, 6) is 1.56. The van der Waals surface area contributed by atoms with Crippen LogP contribution in [0.5, 0.6) is 0 Å². The quantitative estimate of drug-likeness (QED) is 0.318. The summed E-state index contributed by atoms with van der Waals surface area (Å²) in [4.78, 5) is 0. The van der Waals surface area contributed by atoms with Gasteiger partial charge in [0, 0.05) is 27.6 Å². The van der Waals surface area contributed by atoms with Crippen LogP contribution in [-0.2, 0) is 0 Å². The molecule has 2 nitrogen and oxygen atoms in total. The van der Waals surface area contributed by atoms with Crippen LogP contribution in [0, 0.1) is 0 Å². The highest BCUT2D eigenvalue weighted by Gasteiger charge is 2.33. The fourth-order valence-electron chi connectivity index (χ4n) is 4.02. The number of anilines is 1. The van der Waals surface area contributed by atoms with Gasteiger partial charge in [0.15, 0.2) is 0 Å². The maximum Gasteiger partial charge on any atom is 0.202 e. The lowest BCUT2D eigenvalue weighted by Gasteiger charge is -2.22. The molecule has 1 heterocycles. The number of fused-ring (bicyclic) bond motifs is 3. The Morgan fingerprint density at radius 3 is 2.00 bits per heavy atom. The van der Waals surface area contributed by atoms with Crippen LogP contribution in [0.1, 0.15) is 20.8 Å². The van der Waals surface area contributed by atoms with Gasteiger partial charge < -0.3 is 9.73 Å². The molecule has 1 aliphatic rings. The van der Waals surface area contributed by atoms with Gasteiger partial charge in [-0.1, -0.05) is 65.7 Å². The lowest BCUT2D eigenvalue weighted by atomic mass is 9.96. The largest absolute Gasteiger partial charge is 0.439 e. The summed E-state index contributed by atoms with van der Waals surface area (Å²) in [5, 5.41) is 7.14. The van der Waals surface area contributed by atoms with Crippen molar-refractivity contribution >= 4 is 39.9 Å². The number of rotatable bonds is 2. The van der Waals surface area contributed by atoms with Gasteiger partial charge >= 0.3 is 0 Å². The molecule has 0 saturated carbocycles. The first-order valence-electron chi connectivity index (χ1n) is 9.27. The van der Waals surface area contributed by atoms with Crippen molar-refractivity contribution < 1.29 is 4.42 Å². The maximum absolute atomic E-state index is 6.63. The van der Waals surface area contributed by atoms with E-state index in [1.165, 1.54) is 10.8 Å². The summed E-state index contributed by atoms with van der Waals surface area (Å²) in [6.07, 6.45) is 0. The van der Waals surface area contributed by atoms with E-state index in [0.717, 1.165) is 33.6 Å².